The molecular formula is C18H29IN4O3S. The standard InChI is InChI=1S/C18H28N4O3S.HI/c1-4-19-18(22-16-9-10-26(24,25)12-16)20-11-14-5-7-15(8-6-14)21-17(23)13(2)3;/h5-8,13,16H,4,9-12H2,1-3H3,(H,21,23)(H2,19,20,22);1H. The third-order valence-electron chi connectivity index (χ3n) is 4.08. The third-order valence-corrected chi connectivity index (χ3v) is 5.85. The van der Waals surface area contributed by atoms with Gasteiger partial charge in [-0.3, -0.25) is 4.79 Å². The van der Waals surface area contributed by atoms with E-state index in [0.717, 1.165) is 11.3 Å². The maximum atomic E-state index is 11.7. The van der Waals surface area contributed by atoms with Crippen molar-refractivity contribution in [2.75, 3.05) is 23.4 Å². The maximum absolute atomic E-state index is 11.7. The summed E-state index contributed by atoms with van der Waals surface area (Å²) in [5.74, 6) is 0.926. The van der Waals surface area contributed by atoms with E-state index in [1.807, 2.05) is 45.0 Å². The van der Waals surface area contributed by atoms with Gasteiger partial charge in [-0.1, -0.05) is 26.0 Å². The lowest BCUT2D eigenvalue weighted by atomic mass is 10.1. The van der Waals surface area contributed by atoms with Crippen LogP contribution in [0.5, 0.6) is 0 Å². The van der Waals surface area contributed by atoms with Crippen molar-refractivity contribution in [3.63, 3.8) is 0 Å². The lowest BCUT2D eigenvalue weighted by Crippen LogP contribution is -2.44. The Balaban J connectivity index is 0.00000364. The van der Waals surface area contributed by atoms with Crippen LogP contribution in [0.25, 0.3) is 0 Å². The van der Waals surface area contributed by atoms with Crippen LogP contribution in [0.1, 0.15) is 32.8 Å². The lowest BCUT2D eigenvalue weighted by molar-refractivity contribution is -0.118. The van der Waals surface area contributed by atoms with Gasteiger partial charge in [0.1, 0.15) is 0 Å². The summed E-state index contributed by atoms with van der Waals surface area (Å²) in [6.45, 7) is 6.83. The molecule has 2 rings (SSSR count). The summed E-state index contributed by atoms with van der Waals surface area (Å²) >= 11 is 0. The minimum atomic E-state index is -2.92. The fourth-order valence-corrected chi connectivity index (χ4v) is 4.25. The number of nitrogens with zero attached hydrogens (tertiary/aromatic N) is 1. The van der Waals surface area contributed by atoms with Gasteiger partial charge in [0.2, 0.25) is 5.91 Å². The van der Waals surface area contributed by atoms with Crippen LogP contribution in [-0.2, 0) is 21.2 Å². The summed E-state index contributed by atoms with van der Waals surface area (Å²) in [6.07, 6.45) is 0.608. The zero-order chi connectivity index (χ0) is 19.2. The highest BCUT2D eigenvalue weighted by Crippen LogP contribution is 2.13. The summed E-state index contributed by atoms with van der Waals surface area (Å²) < 4.78 is 23.2. The van der Waals surface area contributed by atoms with Crippen molar-refractivity contribution in [2.24, 2.45) is 10.9 Å². The van der Waals surface area contributed by atoms with E-state index in [1.165, 1.54) is 0 Å². The van der Waals surface area contributed by atoms with Crippen molar-refractivity contribution in [3.8, 4) is 0 Å². The maximum Gasteiger partial charge on any atom is 0.226 e. The summed E-state index contributed by atoms with van der Waals surface area (Å²) in [6, 6.07) is 7.46. The number of benzene rings is 1. The molecule has 0 aliphatic carbocycles. The number of hydrogen-bond donors (Lipinski definition) is 3. The number of guanidine groups is 1. The molecule has 0 bridgehead atoms. The molecule has 1 aromatic rings. The molecule has 0 aromatic heterocycles. The van der Waals surface area contributed by atoms with Crippen LogP contribution in [0.2, 0.25) is 0 Å². The smallest absolute Gasteiger partial charge is 0.226 e. The number of carbonyl (C=O) groups is 1. The zero-order valence-corrected chi connectivity index (χ0v) is 19.1. The summed E-state index contributed by atoms with van der Waals surface area (Å²) in [5, 5.41) is 9.19. The first-order chi connectivity index (χ1) is 12.3. The summed E-state index contributed by atoms with van der Waals surface area (Å²) in [4.78, 5) is 16.2. The molecule has 0 spiro atoms. The Morgan fingerprint density at radius 2 is 1.93 bits per heavy atom. The number of amides is 1. The van der Waals surface area contributed by atoms with Crippen molar-refractivity contribution in [2.45, 2.75) is 39.8 Å². The Labute approximate surface area is 178 Å². The first-order valence-electron chi connectivity index (χ1n) is 8.94. The van der Waals surface area contributed by atoms with Crippen LogP contribution in [0, 0.1) is 5.92 Å². The van der Waals surface area contributed by atoms with Gasteiger partial charge in [0.25, 0.3) is 0 Å². The van der Waals surface area contributed by atoms with E-state index in [4.69, 9.17) is 0 Å². The fourth-order valence-electron chi connectivity index (χ4n) is 2.57. The van der Waals surface area contributed by atoms with Gasteiger partial charge in [-0.25, -0.2) is 13.4 Å². The third kappa shape index (κ3) is 8.04. The van der Waals surface area contributed by atoms with Crippen LogP contribution >= 0.6 is 24.0 Å². The highest BCUT2D eigenvalue weighted by molar-refractivity contribution is 14.0. The highest BCUT2D eigenvalue weighted by atomic mass is 127. The van der Waals surface area contributed by atoms with Crippen LogP contribution in [0.15, 0.2) is 29.3 Å². The van der Waals surface area contributed by atoms with E-state index in [2.05, 4.69) is 20.9 Å². The Morgan fingerprint density at radius 3 is 2.44 bits per heavy atom. The fraction of sp³-hybridized carbons (Fsp3) is 0.556. The van der Waals surface area contributed by atoms with Crippen LogP contribution in [0.3, 0.4) is 0 Å². The minimum absolute atomic E-state index is 0. The second kappa shape index (κ2) is 10.8. The molecule has 9 heteroatoms. The Kier molecular flexibility index (Phi) is 9.51. The lowest BCUT2D eigenvalue weighted by Gasteiger charge is -2.15. The van der Waals surface area contributed by atoms with Gasteiger partial charge in [0.15, 0.2) is 15.8 Å². The normalized spacial score (nSPS) is 18.7. The molecule has 3 N–H and O–H groups in total. The topological polar surface area (TPSA) is 99.7 Å². The first-order valence-corrected chi connectivity index (χ1v) is 10.8. The number of anilines is 1. The molecule has 152 valence electrons. The first kappa shape index (κ1) is 23.7. The quantitative estimate of drug-likeness (QED) is 0.311. The van der Waals surface area contributed by atoms with Crippen molar-refractivity contribution in [3.05, 3.63) is 29.8 Å². The van der Waals surface area contributed by atoms with Gasteiger partial charge in [0.05, 0.1) is 18.1 Å². The van der Waals surface area contributed by atoms with Crippen LogP contribution in [-0.4, -0.2) is 44.4 Å². The second-order valence-electron chi connectivity index (χ2n) is 6.78. The molecule has 1 saturated heterocycles. The van der Waals surface area contributed by atoms with Gasteiger partial charge in [-0.15, -0.1) is 24.0 Å². The molecule has 1 aliphatic heterocycles. The van der Waals surface area contributed by atoms with Gasteiger partial charge in [-0.2, -0.15) is 0 Å². The van der Waals surface area contributed by atoms with Gasteiger partial charge >= 0.3 is 0 Å². The minimum Gasteiger partial charge on any atom is -0.357 e. The average molecular weight is 508 g/mol. The molecule has 27 heavy (non-hydrogen) atoms. The molecule has 1 unspecified atom stereocenters. The largest absolute Gasteiger partial charge is 0.357 e. The Morgan fingerprint density at radius 1 is 1.26 bits per heavy atom. The molecule has 1 atom stereocenters. The monoisotopic (exact) mass is 508 g/mol. The van der Waals surface area contributed by atoms with E-state index < -0.39 is 9.84 Å². The molecule has 7 nitrogen and oxygen atoms in total. The molecule has 1 aromatic carbocycles. The van der Waals surface area contributed by atoms with E-state index >= 15 is 0 Å². The number of aliphatic imine (C=N–C) groups is 1. The molecule has 1 amide bonds. The zero-order valence-electron chi connectivity index (χ0n) is 16.0. The van der Waals surface area contributed by atoms with Crippen molar-refractivity contribution in [1.82, 2.24) is 10.6 Å². The van der Waals surface area contributed by atoms with E-state index in [0.29, 0.717) is 25.5 Å². The van der Waals surface area contributed by atoms with Gasteiger partial charge < -0.3 is 16.0 Å². The van der Waals surface area contributed by atoms with Gasteiger partial charge in [-0.05, 0) is 31.0 Å². The number of sulfone groups is 1. The SMILES string of the molecule is CCNC(=NCc1ccc(NC(=O)C(C)C)cc1)NC1CCS(=O)(=O)C1.I. The predicted octanol–water partition coefficient (Wildman–Crippen LogP) is 2.14. The average Bonchev–Trinajstić information content (AvgIpc) is 2.92. The molecule has 1 heterocycles. The summed E-state index contributed by atoms with van der Waals surface area (Å²) in [7, 11) is -2.92. The number of rotatable bonds is 6. The van der Waals surface area contributed by atoms with Crippen molar-refractivity contribution >= 4 is 51.4 Å². The highest BCUT2D eigenvalue weighted by Gasteiger charge is 2.28. The second-order valence-corrected chi connectivity index (χ2v) is 9.01. The number of nitrogens with one attached hydrogen (secondary N) is 3. The number of carbonyl (C=O) groups excluding carboxylic acids is 1. The van der Waals surface area contributed by atoms with E-state index in [9.17, 15) is 13.2 Å². The predicted molar refractivity (Wildman–Crippen MR) is 120 cm³/mol. The number of hydrogen-bond acceptors (Lipinski definition) is 4. The summed E-state index contributed by atoms with van der Waals surface area (Å²) in [5.41, 5.74) is 1.77. The Bertz CT molecular complexity index is 748. The Hall–Kier alpha value is -1.36. The van der Waals surface area contributed by atoms with Crippen LogP contribution < -0.4 is 16.0 Å². The van der Waals surface area contributed by atoms with E-state index in [1.54, 1.807) is 0 Å². The van der Waals surface area contributed by atoms with E-state index in [-0.39, 0.29) is 53.3 Å². The molecular weight excluding hydrogens is 479 g/mol. The molecule has 0 radical (unpaired) electrons. The van der Waals surface area contributed by atoms with Gasteiger partial charge in [0, 0.05) is 24.2 Å². The molecule has 1 fully saturated rings. The van der Waals surface area contributed by atoms with Crippen molar-refractivity contribution < 1.29 is 13.2 Å². The number of halogens is 1. The molecule has 1 aliphatic rings. The van der Waals surface area contributed by atoms with Crippen LogP contribution in [0.4, 0.5) is 5.69 Å². The van der Waals surface area contributed by atoms with Crippen molar-refractivity contribution in [1.29, 1.82) is 0 Å². The molecule has 0 saturated carbocycles.